The van der Waals surface area contributed by atoms with E-state index in [9.17, 15) is 0 Å². The molecule has 1 aromatic heterocycles. The Balaban J connectivity index is 2.26. The van der Waals surface area contributed by atoms with E-state index in [1.807, 2.05) is 36.4 Å². The maximum atomic E-state index is 5.82. The van der Waals surface area contributed by atoms with Crippen molar-refractivity contribution in [2.75, 3.05) is 6.54 Å². The molecular weight excluding hydrogens is 244 g/mol. The minimum atomic E-state index is 0.0305. The minimum Gasteiger partial charge on any atom is -0.300 e. The van der Waals surface area contributed by atoms with Crippen LogP contribution in [0, 0.1) is 0 Å². The summed E-state index contributed by atoms with van der Waals surface area (Å²) in [6.45, 7) is 4.25. The van der Waals surface area contributed by atoms with Gasteiger partial charge in [-0.1, -0.05) is 54.6 Å². The largest absolute Gasteiger partial charge is 0.300 e. The number of nitrogens with one attached hydrogen (secondary N) is 1. The third-order valence-electron chi connectivity index (χ3n) is 2.61. The number of rotatable bonds is 5. The lowest BCUT2D eigenvalue weighted by atomic mass is 10.0. The topological polar surface area (TPSA) is 24.9 Å². The second-order valence-electron chi connectivity index (χ2n) is 4.00. The average molecular weight is 259 g/mol. The van der Waals surface area contributed by atoms with Gasteiger partial charge in [-0.15, -0.1) is 0 Å². The summed E-state index contributed by atoms with van der Waals surface area (Å²) in [5.74, 6) is 0. The van der Waals surface area contributed by atoms with E-state index in [1.165, 1.54) is 0 Å². The predicted octanol–water partition coefficient (Wildman–Crippen LogP) is 3.51. The zero-order valence-corrected chi connectivity index (χ0v) is 10.8. The summed E-state index contributed by atoms with van der Waals surface area (Å²) in [4.78, 5) is 4.40. The molecule has 0 fully saturated rings. The van der Waals surface area contributed by atoms with Gasteiger partial charge in [0, 0.05) is 17.8 Å². The Bertz CT molecular complexity index is 457. The maximum absolute atomic E-state index is 5.82. The van der Waals surface area contributed by atoms with E-state index in [4.69, 9.17) is 11.6 Å². The van der Waals surface area contributed by atoms with Gasteiger partial charge in [-0.05, 0) is 17.7 Å². The molecule has 0 saturated carbocycles. The van der Waals surface area contributed by atoms with Gasteiger partial charge < -0.3 is 0 Å². The summed E-state index contributed by atoms with van der Waals surface area (Å²) < 4.78 is 0. The second-order valence-corrected chi connectivity index (χ2v) is 4.53. The Kier molecular flexibility index (Phi) is 4.51. The highest BCUT2D eigenvalue weighted by molar-refractivity contribution is 6.29. The first kappa shape index (κ1) is 12.8. The molecule has 1 unspecified atom stereocenters. The van der Waals surface area contributed by atoms with Crippen LogP contribution in [-0.4, -0.2) is 11.5 Å². The lowest BCUT2D eigenvalue weighted by molar-refractivity contribution is 0.632. The van der Waals surface area contributed by atoms with Crippen molar-refractivity contribution in [3.8, 4) is 0 Å². The third-order valence-corrected chi connectivity index (χ3v) is 2.75. The molecule has 1 N–H and O–H groups in total. The van der Waals surface area contributed by atoms with E-state index in [0.717, 1.165) is 11.3 Å². The SMILES string of the molecule is C=C(Cl)CNC(c1ccccc1)c1ccccn1. The predicted molar refractivity (Wildman–Crippen MR) is 75.5 cm³/mol. The summed E-state index contributed by atoms with van der Waals surface area (Å²) >= 11 is 5.82. The number of aromatic nitrogens is 1. The monoisotopic (exact) mass is 258 g/mol. The molecule has 92 valence electrons. The Morgan fingerprint density at radius 1 is 1.17 bits per heavy atom. The number of halogens is 1. The average Bonchev–Trinajstić information content (AvgIpc) is 2.41. The van der Waals surface area contributed by atoms with Gasteiger partial charge >= 0.3 is 0 Å². The fourth-order valence-corrected chi connectivity index (χ4v) is 1.88. The van der Waals surface area contributed by atoms with Gasteiger partial charge in [-0.2, -0.15) is 0 Å². The number of hydrogen-bond donors (Lipinski definition) is 1. The lowest BCUT2D eigenvalue weighted by Crippen LogP contribution is -2.24. The van der Waals surface area contributed by atoms with Crippen molar-refractivity contribution in [1.82, 2.24) is 10.3 Å². The first-order valence-corrected chi connectivity index (χ1v) is 6.17. The highest BCUT2D eigenvalue weighted by Crippen LogP contribution is 2.20. The fraction of sp³-hybridized carbons (Fsp3) is 0.133. The van der Waals surface area contributed by atoms with Gasteiger partial charge in [0.1, 0.15) is 0 Å². The Morgan fingerprint density at radius 2 is 1.89 bits per heavy atom. The Morgan fingerprint density at radius 3 is 2.50 bits per heavy atom. The first-order chi connectivity index (χ1) is 8.77. The zero-order chi connectivity index (χ0) is 12.8. The summed E-state index contributed by atoms with van der Waals surface area (Å²) in [6, 6.07) is 16.1. The molecule has 1 heterocycles. The smallest absolute Gasteiger partial charge is 0.0754 e. The van der Waals surface area contributed by atoms with Gasteiger partial charge in [0.15, 0.2) is 0 Å². The molecule has 2 rings (SSSR count). The fourth-order valence-electron chi connectivity index (χ4n) is 1.80. The van der Waals surface area contributed by atoms with Crippen molar-refractivity contribution in [3.63, 3.8) is 0 Å². The minimum absolute atomic E-state index is 0.0305. The highest BCUT2D eigenvalue weighted by Gasteiger charge is 2.13. The van der Waals surface area contributed by atoms with E-state index in [2.05, 4.69) is 29.0 Å². The molecule has 18 heavy (non-hydrogen) atoms. The van der Waals surface area contributed by atoms with Crippen molar-refractivity contribution >= 4 is 11.6 Å². The molecule has 0 spiro atoms. The van der Waals surface area contributed by atoms with Gasteiger partial charge in [0.25, 0.3) is 0 Å². The molecule has 0 saturated heterocycles. The van der Waals surface area contributed by atoms with Crippen LogP contribution in [0.2, 0.25) is 0 Å². The van der Waals surface area contributed by atoms with Gasteiger partial charge in [0.05, 0.1) is 11.7 Å². The summed E-state index contributed by atoms with van der Waals surface area (Å²) in [5, 5.41) is 3.95. The normalized spacial score (nSPS) is 12.1. The van der Waals surface area contributed by atoms with E-state index in [-0.39, 0.29) is 6.04 Å². The molecule has 3 heteroatoms. The van der Waals surface area contributed by atoms with E-state index in [0.29, 0.717) is 11.6 Å². The molecule has 0 radical (unpaired) electrons. The second kappa shape index (κ2) is 6.34. The Labute approximate surface area is 112 Å². The molecule has 2 nitrogen and oxygen atoms in total. The molecule has 2 aromatic rings. The van der Waals surface area contributed by atoms with Crippen LogP contribution < -0.4 is 5.32 Å². The molecule has 1 aromatic carbocycles. The van der Waals surface area contributed by atoms with Crippen LogP contribution in [0.4, 0.5) is 0 Å². The van der Waals surface area contributed by atoms with E-state index < -0.39 is 0 Å². The van der Waals surface area contributed by atoms with Gasteiger partial charge in [0.2, 0.25) is 0 Å². The van der Waals surface area contributed by atoms with E-state index in [1.54, 1.807) is 6.20 Å². The molecule has 0 amide bonds. The summed E-state index contributed by atoms with van der Waals surface area (Å²) in [5.41, 5.74) is 2.13. The van der Waals surface area contributed by atoms with Crippen LogP contribution in [0.15, 0.2) is 66.3 Å². The first-order valence-electron chi connectivity index (χ1n) is 5.80. The van der Waals surface area contributed by atoms with E-state index >= 15 is 0 Å². The zero-order valence-electron chi connectivity index (χ0n) is 10.0. The number of benzene rings is 1. The molecule has 0 aliphatic carbocycles. The quantitative estimate of drug-likeness (QED) is 0.888. The van der Waals surface area contributed by atoms with Crippen molar-refractivity contribution in [1.29, 1.82) is 0 Å². The van der Waals surface area contributed by atoms with Crippen LogP contribution in [0.3, 0.4) is 0 Å². The number of nitrogens with zero attached hydrogens (tertiary/aromatic N) is 1. The standard InChI is InChI=1S/C15H15ClN2/c1-12(16)11-18-15(13-7-3-2-4-8-13)14-9-5-6-10-17-14/h2-10,15,18H,1,11H2. The molecule has 0 aliphatic rings. The lowest BCUT2D eigenvalue weighted by Gasteiger charge is -2.18. The molecule has 1 atom stereocenters. The van der Waals surface area contributed by atoms with Crippen molar-refractivity contribution in [2.45, 2.75) is 6.04 Å². The van der Waals surface area contributed by atoms with Crippen LogP contribution in [-0.2, 0) is 0 Å². The van der Waals surface area contributed by atoms with Crippen LogP contribution >= 0.6 is 11.6 Å². The molecule has 0 bridgehead atoms. The van der Waals surface area contributed by atoms with Crippen LogP contribution in [0.5, 0.6) is 0 Å². The Hall–Kier alpha value is -1.64. The van der Waals surface area contributed by atoms with Crippen molar-refractivity contribution in [3.05, 3.63) is 77.6 Å². The number of pyridine rings is 1. The third kappa shape index (κ3) is 3.42. The molecule has 0 aliphatic heterocycles. The number of hydrogen-bond acceptors (Lipinski definition) is 2. The maximum Gasteiger partial charge on any atom is 0.0754 e. The molecular formula is C15H15ClN2. The van der Waals surface area contributed by atoms with Gasteiger partial charge in [-0.25, -0.2) is 0 Å². The van der Waals surface area contributed by atoms with Crippen LogP contribution in [0.25, 0.3) is 0 Å². The van der Waals surface area contributed by atoms with Crippen molar-refractivity contribution < 1.29 is 0 Å². The van der Waals surface area contributed by atoms with Crippen molar-refractivity contribution in [2.24, 2.45) is 0 Å². The highest BCUT2D eigenvalue weighted by atomic mass is 35.5. The summed E-state index contributed by atoms with van der Waals surface area (Å²) in [6.07, 6.45) is 1.79. The summed E-state index contributed by atoms with van der Waals surface area (Å²) in [7, 11) is 0. The van der Waals surface area contributed by atoms with Crippen LogP contribution in [0.1, 0.15) is 17.3 Å². The van der Waals surface area contributed by atoms with Gasteiger partial charge in [-0.3, -0.25) is 10.3 Å².